The molecule has 20 heavy (non-hydrogen) atoms. The molecule has 1 aromatic rings. The molecule has 1 aromatic carbocycles. The number of halogens is 1. The molecule has 3 unspecified atom stereocenters. The van der Waals surface area contributed by atoms with Crippen LogP contribution in [0.1, 0.15) is 25.8 Å². The van der Waals surface area contributed by atoms with Crippen LogP contribution >= 0.6 is 23.5 Å². The molecular formula is C16H24FNS2. The van der Waals surface area contributed by atoms with Crippen LogP contribution in [0, 0.1) is 5.82 Å². The lowest BCUT2D eigenvalue weighted by molar-refractivity contribution is 0.479. The summed E-state index contributed by atoms with van der Waals surface area (Å²) < 4.78 is 13.9. The van der Waals surface area contributed by atoms with Gasteiger partial charge in [-0.25, -0.2) is 4.39 Å². The zero-order chi connectivity index (χ0) is 14.4. The van der Waals surface area contributed by atoms with E-state index in [0.717, 1.165) is 18.5 Å². The highest BCUT2D eigenvalue weighted by Gasteiger charge is 2.32. The lowest BCUT2D eigenvalue weighted by Gasteiger charge is -2.36. The van der Waals surface area contributed by atoms with Gasteiger partial charge in [0.05, 0.1) is 0 Å². The number of benzene rings is 1. The van der Waals surface area contributed by atoms with Crippen molar-refractivity contribution in [1.29, 1.82) is 0 Å². The molecule has 112 valence electrons. The Bertz CT molecular complexity index is 413. The Hall–Kier alpha value is -0.190. The molecule has 0 aliphatic carbocycles. The Kier molecular flexibility index (Phi) is 6.72. The molecule has 2 rings (SSSR count). The van der Waals surface area contributed by atoms with Crippen LogP contribution in [0.3, 0.4) is 0 Å². The smallest absolute Gasteiger partial charge is 0.126 e. The number of hydrogen-bond donors (Lipinski definition) is 1. The third kappa shape index (κ3) is 4.15. The van der Waals surface area contributed by atoms with Gasteiger partial charge in [-0.2, -0.15) is 23.5 Å². The van der Waals surface area contributed by atoms with E-state index in [4.69, 9.17) is 0 Å². The van der Waals surface area contributed by atoms with E-state index >= 15 is 0 Å². The summed E-state index contributed by atoms with van der Waals surface area (Å²) in [6.07, 6.45) is 1.98. The normalized spacial score (nSPS) is 24.6. The zero-order valence-corrected chi connectivity index (χ0v) is 13.9. The average Bonchev–Trinajstić information content (AvgIpc) is 2.49. The van der Waals surface area contributed by atoms with Crippen molar-refractivity contribution >= 4 is 23.5 Å². The molecule has 1 heterocycles. The van der Waals surface area contributed by atoms with Gasteiger partial charge in [-0.1, -0.05) is 32.0 Å². The van der Waals surface area contributed by atoms with E-state index < -0.39 is 0 Å². The second-order valence-corrected chi connectivity index (χ2v) is 7.75. The van der Waals surface area contributed by atoms with E-state index in [0.29, 0.717) is 16.5 Å². The van der Waals surface area contributed by atoms with Gasteiger partial charge in [0.25, 0.3) is 0 Å². The maximum absolute atomic E-state index is 13.9. The number of hydrogen-bond acceptors (Lipinski definition) is 3. The second kappa shape index (κ2) is 8.30. The fourth-order valence-electron chi connectivity index (χ4n) is 2.78. The maximum Gasteiger partial charge on any atom is 0.126 e. The lowest BCUT2D eigenvalue weighted by Crippen LogP contribution is -2.46. The Morgan fingerprint density at radius 2 is 2.00 bits per heavy atom. The molecule has 1 aliphatic heterocycles. The van der Waals surface area contributed by atoms with Crippen LogP contribution < -0.4 is 5.32 Å². The van der Waals surface area contributed by atoms with Crippen LogP contribution in [0.15, 0.2) is 24.3 Å². The first kappa shape index (κ1) is 16.2. The number of nitrogens with one attached hydrogen (secondary N) is 1. The van der Waals surface area contributed by atoms with Crippen molar-refractivity contribution in [3.05, 3.63) is 35.6 Å². The van der Waals surface area contributed by atoms with Crippen LogP contribution in [0.5, 0.6) is 0 Å². The van der Waals surface area contributed by atoms with Crippen LogP contribution in [-0.2, 0) is 6.42 Å². The van der Waals surface area contributed by atoms with E-state index in [1.54, 1.807) is 12.1 Å². The van der Waals surface area contributed by atoms with Gasteiger partial charge in [-0.3, -0.25) is 0 Å². The van der Waals surface area contributed by atoms with Crippen LogP contribution in [-0.4, -0.2) is 34.6 Å². The molecule has 0 spiro atoms. The summed E-state index contributed by atoms with van der Waals surface area (Å²) in [4.78, 5) is 0. The van der Waals surface area contributed by atoms with Gasteiger partial charge < -0.3 is 5.32 Å². The lowest BCUT2D eigenvalue weighted by atomic mass is 9.99. The SMILES string of the molecule is CCNC(Cc1ccccc1F)C1SCCSC1CC. The molecule has 0 bridgehead atoms. The summed E-state index contributed by atoms with van der Waals surface area (Å²) in [5, 5.41) is 4.86. The summed E-state index contributed by atoms with van der Waals surface area (Å²) >= 11 is 4.15. The Labute approximate surface area is 130 Å². The summed E-state index contributed by atoms with van der Waals surface area (Å²) in [6, 6.07) is 7.54. The van der Waals surface area contributed by atoms with E-state index in [2.05, 4.69) is 42.7 Å². The minimum absolute atomic E-state index is 0.0723. The van der Waals surface area contributed by atoms with Crippen molar-refractivity contribution in [2.75, 3.05) is 18.1 Å². The van der Waals surface area contributed by atoms with Gasteiger partial charge in [0.15, 0.2) is 0 Å². The standard InChI is InChI=1S/C16H24FNS2/c1-3-15-16(20-10-9-19-15)14(18-4-2)11-12-7-5-6-8-13(12)17/h5-8,14-16,18H,3-4,9-11H2,1-2H3. The monoisotopic (exact) mass is 313 g/mol. The van der Waals surface area contributed by atoms with Gasteiger partial charge in [0.2, 0.25) is 0 Å². The summed E-state index contributed by atoms with van der Waals surface area (Å²) in [5.74, 6) is 2.39. The third-order valence-electron chi connectivity index (χ3n) is 3.75. The van der Waals surface area contributed by atoms with E-state index in [1.807, 2.05) is 12.1 Å². The Morgan fingerprint density at radius 1 is 1.25 bits per heavy atom. The van der Waals surface area contributed by atoms with Crippen molar-refractivity contribution in [1.82, 2.24) is 5.32 Å². The molecule has 3 atom stereocenters. The molecule has 0 aromatic heterocycles. The van der Waals surface area contributed by atoms with Crippen LogP contribution in [0.25, 0.3) is 0 Å². The van der Waals surface area contributed by atoms with Gasteiger partial charge in [0, 0.05) is 28.0 Å². The van der Waals surface area contributed by atoms with Crippen molar-refractivity contribution in [3.63, 3.8) is 0 Å². The number of likely N-dealkylation sites (N-methyl/N-ethyl adjacent to an activating group) is 1. The zero-order valence-electron chi connectivity index (χ0n) is 12.3. The van der Waals surface area contributed by atoms with Gasteiger partial charge >= 0.3 is 0 Å². The fourth-order valence-corrected chi connectivity index (χ4v) is 6.04. The molecule has 1 nitrogen and oxygen atoms in total. The van der Waals surface area contributed by atoms with Crippen molar-refractivity contribution in [3.8, 4) is 0 Å². The van der Waals surface area contributed by atoms with Gasteiger partial charge in [0.1, 0.15) is 5.82 Å². The largest absolute Gasteiger partial charge is 0.313 e. The van der Waals surface area contributed by atoms with Gasteiger partial charge in [-0.05, 0) is 31.0 Å². The Balaban J connectivity index is 2.11. The highest BCUT2D eigenvalue weighted by atomic mass is 32.2. The first-order chi connectivity index (χ1) is 9.76. The summed E-state index contributed by atoms with van der Waals surface area (Å²) in [7, 11) is 0. The van der Waals surface area contributed by atoms with Crippen LogP contribution in [0.2, 0.25) is 0 Å². The predicted molar refractivity (Wildman–Crippen MR) is 90.4 cm³/mol. The molecule has 1 aliphatic rings. The van der Waals surface area contributed by atoms with Crippen molar-refractivity contribution in [2.24, 2.45) is 0 Å². The minimum Gasteiger partial charge on any atom is -0.313 e. The molecule has 0 amide bonds. The highest BCUT2D eigenvalue weighted by molar-refractivity contribution is 8.07. The molecule has 4 heteroatoms. The fraction of sp³-hybridized carbons (Fsp3) is 0.625. The second-order valence-electron chi connectivity index (χ2n) is 5.11. The van der Waals surface area contributed by atoms with Crippen molar-refractivity contribution in [2.45, 2.75) is 43.2 Å². The quantitative estimate of drug-likeness (QED) is 0.853. The highest BCUT2D eigenvalue weighted by Crippen LogP contribution is 2.36. The van der Waals surface area contributed by atoms with E-state index in [9.17, 15) is 4.39 Å². The predicted octanol–water partition coefficient (Wildman–Crippen LogP) is 3.97. The molecular weight excluding hydrogens is 289 g/mol. The first-order valence-corrected chi connectivity index (χ1v) is 9.56. The summed E-state index contributed by atoms with van der Waals surface area (Å²) in [5.41, 5.74) is 0.837. The Morgan fingerprint density at radius 3 is 2.70 bits per heavy atom. The first-order valence-electron chi connectivity index (χ1n) is 7.46. The molecule has 1 fully saturated rings. The molecule has 1 N–H and O–H groups in total. The summed E-state index contributed by atoms with van der Waals surface area (Å²) in [6.45, 7) is 5.34. The number of thioether (sulfide) groups is 2. The number of rotatable bonds is 6. The average molecular weight is 314 g/mol. The topological polar surface area (TPSA) is 12.0 Å². The van der Waals surface area contributed by atoms with Gasteiger partial charge in [-0.15, -0.1) is 0 Å². The molecule has 1 saturated heterocycles. The third-order valence-corrected chi connectivity index (χ3v) is 7.16. The van der Waals surface area contributed by atoms with Crippen LogP contribution in [0.4, 0.5) is 4.39 Å². The van der Waals surface area contributed by atoms with Crippen molar-refractivity contribution < 1.29 is 4.39 Å². The molecule has 0 saturated carbocycles. The van der Waals surface area contributed by atoms with E-state index in [-0.39, 0.29) is 5.82 Å². The molecule has 0 radical (unpaired) electrons. The minimum atomic E-state index is -0.0723. The van der Waals surface area contributed by atoms with E-state index in [1.165, 1.54) is 17.9 Å². The maximum atomic E-state index is 13.9.